The summed E-state index contributed by atoms with van der Waals surface area (Å²) in [7, 11) is 0. The van der Waals surface area contributed by atoms with Gasteiger partial charge >= 0.3 is 0 Å². The predicted molar refractivity (Wildman–Crippen MR) is 60.8 cm³/mol. The van der Waals surface area contributed by atoms with Gasteiger partial charge in [-0.25, -0.2) is 9.50 Å². The summed E-state index contributed by atoms with van der Waals surface area (Å²) in [5, 5.41) is 4.25. The normalized spacial score (nSPS) is 10.9. The van der Waals surface area contributed by atoms with E-state index in [1.807, 2.05) is 19.1 Å². The lowest BCUT2D eigenvalue weighted by Crippen LogP contribution is -1.95. The lowest BCUT2D eigenvalue weighted by atomic mass is 10.4. The van der Waals surface area contributed by atoms with E-state index in [4.69, 9.17) is 4.42 Å². The third-order valence-corrected chi connectivity index (χ3v) is 2.47. The van der Waals surface area contributed by atoms with Crippen LogP contribution in [0.4, 0.5) is 0 Å². The number of aromatic nitrogens is 3. The Hall–Kier alpha value is -2.43. The lowest BCUT2D eigenvalue weighted by Gasteiger charge is -1.92. The van der Waals surface area contributed by atoms with E-state index in [9.17, 15) is 4.79 Å². The van der Waals surface area contributed by atoms with Crippen LogP contribution in [0.2, 0.25) is 0 Å². The molecule has 84 valence electrons. The number of carbonyl (C=O) groups is 1. The van der Waals surface area contributed by atoms with E-state index in [0.717, 1.165) is 12.0 Å². The van der Waals surface area contributed by atoms with Gasteiger partial charge in [0.1, 0.15) is 11.5 Å². The van der Waals surface area contributed by atoms with E-state index in [-0.39, 0.29) is 0 Å². The maximum absolute atomic E-state index is 10.9. The summed E-state index contributed by atoms with van der Waals surface area (Å²) < 4.78 is 6.95. The molecule has 0 fully saturated rings. The summed E-state index contributed by atoms with van der Waals surface area (Å²) in [5.74, 6) is 1.88. The Bertz CT molecular complexity index is 697. The van der Waals surface area contributed by atoms with Crippen molar-refractivity contribution < 1.29 is 9.21 Å². The molecule has 0 N–H and O–H groups in total. The summed E-state index contributed by atoms with van der Waals surface area (Å²) in [4.78, 5) is 15.2. The van der Waals surface area contributed by atoms with Crippen LogP contribution in [0.15, 0.2) is 34.7 Å². The smallest absolute Gasteiger partial charge is 0.217 e. The zero-order valence-corrected chi connectivity index (χ0v) is 9.12. The maximum atomic E-state index is 10.9. The van der Waals surface area contributed by atoms with Gasteiger partial charge in [0.15, 0.2) is 17.7 Å². The second-order valence-corrected chi connectivity index (χ2v) is 3.68. The number of pyridine rings is 1. The maximum Gasteiger partial charge on any atom is 0.217 e. The summed E-state index contributed by atoms with van der Waals surface area (Å²) in [6.45, 7) is 1.86. The van der Waals surface area contributed by atoms with Gasteiger partial charge in [0.2, 0.25) is 5.82 Å². The molecule has 5 heteroatoms. The number of nitrogens with zero attached hydrogens (tertiary/aromatic N) is 3. The SMILES string of the molecule is Cc1ccc(-c2nc3cccc(C=O)n3n2)o1. The average Bonchev–Trinajstić information content (AvgIpc) is 2.93. The Labute approximate surface area is 96.7 Å². The van der Waals surface area contributed by atoms with Gasteiger partial charge in [-0.15, -0.1) is 5.10 Å². The molecule has 0 unspecified atom stereocenters. The summed E-state index contributed by atoms with van der Waals surface area (Å²) >= 11 is 0. The van der Waals surface area contributed by atoms with E-state index in [1.165, 1.54) is 4.52 Å². The Kier molecular flexibility index (Phi) is 2.04. The van der Waals surface area contributed by atoms with Gasteiger partial charge in [0, 0.05) is 0 Å². The summed E-state index contributed by atoms with van der Waals surface area (Å²) in [6.07, 6.45) is 0.749. The van der Waals surface area contributed by atoms with Crippen LogP contribution in [0, 0.1) is 6.92 Å². The fourth-order valence-corrected chi connectivity index (χ4v) is 1.67. The second kappa shape index (κ2) is 3.55. The molecule has 3 aromatic rings. The van der Waals surface area contributed by atoms with Gasteiger partial charge in [-0.3, -0.25) is 4.79 Å². The first kappa shape index (κ1) is 9.77. The van der Waals surface area contributed by atoms with E-state index >= 15 is 0 Å². The molecule has 0 aliphatic heterocycles. The van der Waals surface area contributed by atoms with Crippen LogP contribution >= 0.6 is 0 Å². The van der Waals surface area contributed by atoms with Crippen LogP contribution in [-0.4, -0.2) is 20.9 Å². The fourth-order valence-electron chi connectivity index (χ4n) is 1.67. The Morgan fingerprint density at radius 2 is 2.18 bits per heavy atom. The van der Waals surface area contributed by atoms with Crippen LogP contribution < -0.4 is 0 Å². The van der Waals surface area contributed by atoms with Gasteiger partial charge in [-0.1, -0.05) is 6.07 Å². The molecule has 3 rings (SSSR count). The van der Waals surface area contributed by atoms with Crippen molar-refractivity contribution >= 4 is 11.9 Å². The van der Waals surface area contributed by atoms with Crippen LogP contribution in [0.5, 0.6) is 0 Å². The molecule has 0 spiro atoms. The van der Waals surface area contributed by atoms with Gasteiger partial charge in [-0.05, 0) is 31.2 Å². The van der Waals surface area contributed by atoms with E-state index < -0.39 is 0 Å². The van der Waals surface area contributed by atoms with Crippen molar-refractivity contribution in [3.63, 3.8) is 0 Å². The van der Waals surface area contributed by atoms with Crippen molar-refractivity contribution in [2.24, 2.45) is 0 Å². The Balaban J connectivity index is 2.23. The number of hydrogen-bond acceptors (Lipinski definition) is 4. The average molecular weight is 227 g/mol. The number of fused-ring (bicyclic) bond motifs is 1. The number of furan rings is 1. The quantitative estimate of drug-likeness (QED) is 0.629. The highest BCUT2D eigenvalue weighted by molar-refractivity contribution is 5.73. The Morgan fingerprint density at radius 3 is 2.88 bits per heavy atom. The highest BCUT2D eigenvalue weighted by Gasteiger charge is 2.11. The first-order chi connectivity index (χ1) is 8.28. The molecule has 3 aromatic heterocycles. The molecule has 0 saturated heterocycles. The van der Waals surface area contributed by atoms with Crippen molar-refractivity contribution in [1.29, 1.82) is 0 Å². The third-order valence-electron chi connectivity index (χ3n) is 2.47. The largest absolute Gasteiger partial charge is 0.458 e. The molecule has 0 aliphatic carbocycles. The summed E-state index contributed by atoms with van der Waals surface area (Å²) in [5.41, 5.74) is 1.09. The number of rotatable bonds is 2. The molecule has 0 amide bonds. The van der Waals surface area contributed by atoms with Crippen molar-refractivity contribution in [3.8, 4) is 11.6 Å². The number of hydrogen-bond donors (Lipinski definition) is 0. The molecule has 0 saturated carbocycles. The number of carbonyl (C=O) groups excluding carboxylic acids is 1. The molecule has 5 nitrogen and oxygen atoms in total. The van der Waals surface area contributed by atoms with Gasteiger partial charge < -0.3 is 4.42 Å². The predicted octanol–water partition coefficient (Wildman–Crippen LogP) is 2.11. The minimum absolute atomic E-state index is 0.463. The van der Waals surface area contributed by atoms with Crippen LogP contribution in [0.1, 0.15) is 16.2 Å². The van der Waals surface area contributed by atoms with Crippen LogP contribution in [0.25, 0.3) is 17.2 Å². The molecule has 0 aromatic carbocycles. The van der Waals surface area contributed by atoms with Crippen molar-refractivity contribution in [2.45, 2.75) is 6.92 Å². The zero-order valence-electron chi connectivity index (χ0n) is 9.12. The third kappa shape index (κ3) is 1.52. The van der Waals surface area contributed by atoms with E-state index in [2.05, 4.69) is 10.1 Å². The first-order valence-electron chi connectivity index (χ1n) is 5.16. The van der Waals surface area contributed by atoms with Crippen LogP contribution in [-0.2, 0) is 0 Å². The van der Waals surface area contributed by atoms with Gasteiger partial charge in [0.05, 0.1) is 0 Å². The monoisotopic (exact) mass is 227 g/mol. The van der Waals surface area contributed by atoms with E-state index in [1.54, 1.807) is 18.2 Å². The molecule has 0 aliphatic rings. The van der Waals surface area contributed by atoms with Crippen molar-refractivity contribution in [3.05, 3.63) is 41.8 Å². The molecule has 3 heterocycles. The molecular formula is C12H9N3O2. The molecule has 0 atom stereocenters. The van der Waals surface area contributed by atoms with E-state index in [0.29, 0.717) is 22.9 Å². The van der Waals surface area contributed by atoms with Crippen molar-refractivity contribution in [1.82, 2.24) is 14.6 Å². The number of aldehydes is 1. The zero-order chi connectivity index (χ0) is 11.8. The standard InChI is InChI=1S/C12H9N3O2/c1-8-5-6-10(17-8)12-13-11-4-2-3-9(7-16)15(11)14-12/h2-7H,1H3. The summed E-state index contributed by atoms with van der Waals surface area (Å²) in [6, 6.07) is 8.91. The fraction of sp³-hybridized carbons (Fsp3) is 0.0833. The molecule has 17 heavy (non-hydrogen) atoms. The minimum Gasteiger partial charge on any atom is -0.458 e. The second-order valence-electron chi connectivity index (χ2n) is 3.68. The lowest BCUT2D eigenvalue weighted by molar-refractivity contribution is 0.111. The topological polar surface area (TPSA) is 60.4 Å². The molecule has 0 bridgehead atoms. The Morgan fingerprint density at radius 1 is 1.29 bits per heavy atom. The van der Waals surface area contributed by atoms with Gasteiger partial charge in [0.25, 0.3) is 0 Å². The molecule has 0 radical (unpaired) electrons. The highest BCUT2D eigenvalue weighted by atomic mass is 16.3. The van der Waals surface area contributed by atoms with Crippen LogP contribution in [0.3, 0.4) is 0 Å². The van der Waals surface area contributed by atoms with Crippen molar-refractivity contribution in [2.75, 3.05) is 0 Å². The first-order valence-corrected chi connectivity index (χ1v) is 5.16. The molecular weight excluding hydrogens is 218 g/mol. The highest BCUT2D eigenvalue weighted by Crippen LogP contribution is 2.19. The minimum atomic E-state index is 0.463. The van der Waals surface area contributed by atoms with Gasteiger partial charge in [-0.2, -0.15) is 0 Å². The number of aryl methyl sites for hydroxylation is 1.